The van der Waals surface area contributed by atoms with Crippen LogP contribution >= 0.6 is 0 Å². The summed E-state index contributed by atoms with van der Waals surface area (Å²) in [6, 6.07) is 0. The monoisotopic (exact) mass is 148 g/mol. The molecule has 0 aromatic rings. The molecular weight excluding hydrogens is 140 g/mol. The lowest BCUT2D eigenvalue weighted by Gasteiger charge is -1.96. The van der Waals surface area contributed by atoms with Gasteiger partial charge < -0.3 is 14.9 Å². The highest BCUT2D eigenvalue weighted by molar-refractivity contribution is 5.76. The lowest BCUT2D eigenvalue weighted by molar-refractivity contribution is -0.154. The molecule has 0 saturated carbocycles. The highest BCUT2D eigenvalue weighted by Gasteiger charge is 2.04. The van der Waals surface area contributed by atoms with Crippen LogP contribution in [0.2, 0.25) is 0 Å². The Morgan fingerprint density at radius 2 is 1.90 bits per heavy atom. The van der Waals surface area contributed by atoms with Crippen LogP contribution < -0.4 is 0 Å². The fourth-order valence-electron chi connectivity index (χ4n) is 0.353. The van der Waals surface area contributed by atoms with Crippen molar-refractivity contribution in [1.29, 1.82) is 0 Å². The van der Waals surface area contributed by atoms with Gasteiger partial charge in [-0.05, 0) is 0 Å². The summed E-state index contributed by atoms with van der Waals surface area (Å²) < 4.78 is 4.05. The van der Waals surface area contributed by atoms with Crippen molar-refractivity contribution >= 4 is 11.9 Å². The lowest BCUT2D eigenvalue weighted by atomic mass is 10.3. The zero-order valence-electron chi connectivity index (χ0n) is 5.24. The van der Waals surface area contributed by atoms with Crippen LogP contribution in [0.5, 0.6) is 0 Å². The predicted molar refractivity (Wildman–Crippen MR) is 30.0 cm³/mol. The van der Waals surface area contributed by atoms with Crippen LogP contribution in [0.15, 0.2) is 0 Å². The van der Waals surface area contributed by atoms with Crippen LogP contribution in [-0.2, 0) is 14.3 Å². The molecule has 0 fully saturated rings. The molecular formula is C5H8O5. The number of ether oxygens (including phenoxy) is 1. The van der Waals surface area contributed by atoms with E-state index in [1.807, 2.05) is 0 Å². The molecule has 0 bridgehead atoms. The first-order chi connectivity index (χ1) is 4.66. The van der Waals surface area contributed by atoms with E-state index < -0.39 is 18.7 Å². The van der Waals surface area contributed by atoms with Gasteiger partial charge in [-0.25, -0.2) is 0 Å². The van der Waals surface area contributed by atoms with Gasteiger partial charge >= 0.3 is 11.9 Å². The zero-order valence-corrected chi connectivity index (χ0v) is 5.24. The number of aliphatic hydroxyl groups excluding tert-OH is 1. The van der Waals surface area contributed by atoms with E-state index in [4.69, 9.17) is 10.2 Å². The highest BCUT2D eigenvalue weighted by Crippen LogP contribution is 1.91. The van der Waals surface area contributed by atoms with Crippen LogP contribution in [0.3, 0.4) is 0 Å². The third-order valence-electron chi connectivity index (χ3n) is 0.769. The van der Waals surface area contributed by atoms with E-state index in [1.165, 1.54) is 0 Å². The molecule has 5 nitrogen and oxygen atoms in total. The molecule has 0 atom stereocenters. The van der Waals surface area contributed by atoms with E-state index in [9.17, 15) is 9.59 Å². The minimum atomic E-state index is -1.06. The first kappa shape index (κ1) is 8.90. The summed E-state index contributed by atoms with van der Waals surface area (Å²) in [5.41, 5.74) is 0. The number of carbonyl (C=O) groups excluding carboxylic acids is 1. The number of aliphatic hydroxyl groups is 1. The van der Waals surface area contributed by atoms with Gasteiger partial charge in [-0.1, -0.05) is 0 Å². The van der Waals surface area contributed by atoms with Gasteiger partial charge in [-0.15, -0.1) is 0 Å². The summed E-state index contributed by atoms with van der Waals surface area (Å²) in [4.78, 5) is 20.1. The van der Waals surface area contributed by atoms with Crippen molar-refractivity contribution in [3.05, 3.63) is 0 Å². The minimum absolute atomic E-state index is 0.199. The molecule has 0 unspecified atom stereocenters. The molecule has 58 valence electrons. The molecule has 10 heavy (non-hydrogen) atoms. The minimum Gasteiger partial charge on any atom is -0.481 e. The van der Waals surface area contributed by atoms with Crippen LogP contribution in [-0.4, -0.2) is 28.9 Å². The number of hydrogen-bond donors (Lipinski definition) is 2. The van der Waals surface area contributed by atoms with Gasteiger partial charge in [0.15, 0.2) is 6.79 Å². The molecule has 0 aromatic heterocycles. The van der Waals surface area contributed by atoms with Crippen molar-refractivity contribution in [1.82, 2.24) is 0 Å². The Bertz CT molecular complexity index is 130. The molecule has 0 spiro atoms. The summed E-state index contributed by atoms with van der Waals surface area (Å²) in [6.07, 6.45) is -0.464. The lowest BCUT2D eigenvalue weighted by Crippen LogP contribution is -2.07. The average molecular weight is 148 g/mol. The number of carbonyl (C=O) groups is 2. The van der Waals surface area contributed by atoms with E-state index in [2.05, 4.69) is 4.74 Å². The second-order valence-corrected chi connectivity index (χ2v) is 1.54. The fourth-order valence-corrected chi connectivity index (χ4v) is 0.353. The summed E-state index contributed by atoms with van der Waals surface area (Å²) in [5, 5.41) is 16.1. The quantitative estimate of drug-likeness (QED) is 0.408. The third kappa shape index (κ3) is 5.04. The Morgan fingerprint density at radius 3 is 2.30 bits per heavy atom. The van der Waals surface area contributed by atoms with Crippen molar-refractivity contribution in [2.75, 3.05) is 6.79 Å². The smallest absolute Gasteiger partial charge is 0.308 e. The maximum atomic E-state index is 10.3. The van der Waals surface area contributed by atoms with Gasteiger partial charge in [0.2, 0.25) is 0 Å². The van der Waals surface area contributed by atoms with Crippen LogP contribution in [0, 0.1) is 0 Å². The normalized spacial score (nSPS) is 8.90. The van der Waals surface area contributed by atoms with Crippen LogP contribution in [0.25, 0.3) is 0 Å². The molecule has 0 rings (SSSR count). The summed E-state index contributed by atoms with van der Waals surface area (Å²) >= 11 is 0. The average Bonchev–Trinajstić information content (AvgIpc) is 1.85. The fraction of sp³-hybridized carbons (Fsp3) is 0.600. The molecule has 0 radical (unpaired) electrons. The molecule has 0 amide bonds. The van der Waals surface area contributed by atoms with E-state index in [0.717, 1.165) is 0 Å². The van der Waals surface area contributed by atoms with Crippen molar-refractivity contribution < 1.29 is 24.5 Å². The number of carboxylic acids is 1. The molecule has 0 saturated heterocycles. The maximum Gasteiger partial charge on any atom is 0.308 e. The van der Waals surface area contributed by atoms with Crippen molar-refractivity contribution in [3.63, 3.8) is 0 Å². The Kier molecular flexibility index (Phi) is 4.23. The molecule has 0 aliphatic heterocycles. The van der Waals surface area contributed by atoms with E-state index in [1.54, 1.807) is 0 Å². The number of aliphatic carboxylic acids is 1. The van der Waals surface area contributed by atoms with Gasteiger partial charge in [0, 0.05) is 0 Å². The van der Waals surface area contributed by atoms with Crippen molar-refractivity contribution in [2.24, 2.45) is 0 Å². The summed E-state index contributed by atoms with van der Waals surface area (Å²) in [5.74, 6) is -1.76. The number of rotatable bonds is 4. The summed E-state index contributed by atoms with van der Waals surface area (Å²) in [7, 11) is 0. The number of hydrogen-bond acceptors (Lipinski definition) is 4. The largest absolute Gasteiger partial charge is 0.481 e. The Labute approximate surface area is 57.2 Å². The Balaban J connectivity index is 3.30. The Hall–Kier alpha value is -1.10. The number of carboxylic acid groups (broad SMARTS) is 1. The first-order valence-electron chi connectivity index (χ1n) is 2.65. The van der Waals surface area contributed by atoms with Gasteiger partial charge in [-0.3, -0.25) is 9.59 Å². The predicted octanol–water partition coefficient (Wildman–Crippen LogP) is -0.656. The molecule has 0 heterocycles. The molecule has 5 heteroatoms. The van der Waals surface area contributed by atoms with Gasteiger partial charge in [0.05, 0.1) is 12.8 Å². The first-order valence-corrected chi connectivity index (χ1v) is 2.65. The molecule has 2 N–H and O–H groups in total. The van der Waals surface area contributed by atoms with E-state index in [-0.39, 0.29) is 12.8 Å². The van der Waals surface area contributed by atoms with E-state index >= 15 is 0 Å². The standard InChI is InChI=1S/C5H8O5/c6-3-10-5(9)2-1-4(7)8/h6H,1-3H2,(H,7,8). The van der Waals surface area contributed by atoms with Crippen LogP contribution in [0.1, 0.15) is 12.8 Å². The molecule has 0 aliphatic rings. The maximum absolute atomic E-state index is 10.3. The zero-order chi connectivity index (χ0) is 7.98. The topological polar surface area (TPSA) is 83.8 Å². The van der Waals surface area contributed by atoms with Crippen molar-refractivity contribution in [3.8, 4) is 0 Å². The SMILES string of the molecule is O=C(O)CCC(=O)OCO. The second-order valence-electron chi connectivity index (χ2n) is 1.54. The second kappa shape index (κ2) is 4.75. The number of esters is 1. The van der Waals surface area contributed by atoms with Gasteiger partial charge in [-0.2, -0.15) is 0 Å². The highest BCUT2D eigenvalue weighted by atomic mass is 16.6. The van der Waals surface area contributed by atoms with Crippen molar-refractivity contribution in [2.45, 2.75) is 12.8 Å². The Morgan fingerprint density at radius 1 is 1.30 bits per heavy atom. The molecule has 0 aromatic carbocycles. The third-order valence-corrected chi connectivity index (χ3v) is 0.769. The van der Waals surface area contributed by atoms with Gasteiger partial charge in [0.25, 0.3) is 0 Å². The van der Waals surface area contributed by atoms with Crippen LogP contribution in [0.4, 0.5) is 0 Å². The van der Waals surface area contributed by atoms with Gasteiger partial charge in [0.1, 0.15) is 0 Å². The van der Waals surface area contributed by atoms with E-state index in [0.29, 0.717) is 0 Å². The summed E-state index contributed by atoms with van der Waals surface area (Å²) in [6.45, 7) is -0.696. The molecule has 0 aliphatic carbocycles.